The summed E-state index contributed by atoms with van der Waals surface area (Å²) in [5.74, 6) is 1.14. The molecule has 0 aliphatic carbocycles. The maximum Gasteiger partial charge on any atom is 0.157 e. The van der Waals surface area contributed by atoms with Crippen LogP contribution in [-0.2, 0) is 6.42 Å². The minimum atomic E-state index is 0.140. The molecule has 3 heterocycles. The SMILES string of the molecule is Cc1c(Cc2ccccc2)c(N2CCN(C(c3ccccc3)c3ccc(Cl)cc3)CC2)n2c(nc3ccccc32)c1C#N. The first-order chi connectivity index (χ1) is 21.1. The molecule has 1 fully saturated rings. The van der Waals surface area contributed by atoms with E-state index in [1.807, 2.05) is 30.3 Å². The number of imidazole rings is 1. The summed E-state index contributed by atoms with van der Waals surface area (Å²) < 4.78 is 2.24. The standard InChI is InChI=1S/C37H32ClN5/c1-26-31(24-27-10-4-2-5-11-27)37(43-34-15-9-8-14-33(34)40-36(43)32(26)25-39)42-22-20-41(21-23-42)35(28-12-6-3-7-13-28)29-16-18-30(38)19-17-29/h2-19,35H,20-24H2,1H3. The Bertz CT molecular complexity index is 1930. The zero-order valence-corrected chi connectivity index (χ0v) is 24.9. The van der Waals surface area contributed by atoms with Gasteiger partial charge in [-0.3, -0.25) is 9.30 Å². The van der Waals surface area contributed by atoms with Crippen LogP contribution in [0.1, 0.15) is 39.4 Å². The van der Waals surface area contributed by atoms with Crippen LogP contribution in [-0.4, -0.2) is 40.5 Å². The maximum atomic E-state index is 10.3. The molecule has 1 aliphatic rings. The molecule has 43 heavy (non-hydrogen) atoms. The minimum absolute atomic E-state index is 0.140. The van der Waals surface area contributed by atoms with Crippen molar-refractivity contribution in [3.8, 4) is 6.07 Å². The van der Waals surface area contributed by atoms with Gasteiger partial charge in [-0.1, -0.05) is 96.5 Å². The molecule has 0 radical (unpaired) electrons. The predicted octanol–water partition coefficient (Wildman–Crippen LogP) is 7.82. The number of aromatic nitrogens is 2. The van der Waals surface area contributed by atoms with E-state index in [9.17, 15) is 5.26 Å². The smallest absolute Gasteiger partial charge is 0.157 e. The Kier molecular flexibility index (Phi) is 7.32. The Morgan fingerprint density at radius 2 is 1.42 bits per heavy atom. The van der Waals surface area contributed by atoms with Crippen LogP contribution in [0, 0.1) is 18.3 Å². The predicted molar refractivity (Wildman–Crippen MR) is 175 cm³/mol. The summed E-state index contributed by atoms with van der Waals surface area (Å²) in [6.45, 7) is 5.57. The van der Waals surface area contributed by atoms with Crippen LogP contribution in [0.4, 0.5) is 5.82 Å². The summed E-state index contributed by atoms with van der Waals surface area (Å²) in [5, 5.41) is 11.1. The number of nitriles is 1. The van der Waals surface area contributed by atoms with Crippen molar-refractivity contribution in [2.24, 2.45) is 0 Å². The monoisotopic (exact) mass is 581 g/mol. The number of hydrogen-bond acceptors (Lipinski definition) is 4. The Labute approximate surface area is 257 Å². The van der Waals surface area contributed by atoms with E-state index in [2.05, 4.69) is 106 Å². The third kappa shape index (κ3) is 5.03. The third-order valence-corrected chi connectivity index (χ3v) is 8.96. The van der Waals surface area contributed by atoms with Crippen molar-refractivity contribution in [3.63, 3.8) is 0 Å². The fourth-order valence-corrected chi connectivity index (χ4v) is 6.72. The Hall–Kier alpha value is -4.63. The molecule has 2 aromatic heterocycles. The molecule has 0 amide bonds. The topological polar surface area (TPSA) is 47.6 Å². The number of pyridine rings is 1. The number of nitrogens with zero attached hydrogens (tertiary/aromatic N) is 5. The van der Waals surface area contributed by atoms with E-state index in [4.69, 9.17) is 16.6 Å². The average Bonchev–Trinajstić information content (AvgIpc) is 3.43. The Morgan fingerprint density at radius 3 is 2.12 bits per heavy atom. The zero-order valence-electron chi connectivity index (χ0n) is 24.1. The maximum absolute atomic E-state index is 10.3. The van der Waals surface area contributed by atoms with E-state index in [-0.39, 0.29) is 6.04 Å². The lowest BCUT2D eigenvalue weighted by atomic mass is 9.95. The molecule has 6 aromatic rings. The van der Waals surface area contributed by atoms with Crippen LogP contribution in [0.3, 0.4) is 0 Å². The second-order valence-corrected chi connectivity index (χ2v) is 11.7. The highest BCUT2D eigenvalue weighted by molar-refractivity contribution is 6.30. The van der Waals surface area contributed by atoms with Crippen LogP contribution >= 0.6 is 11.6 Å². The Balaban J connectivity index is 1.32. The first-order valence-electron chi connectivity index (χ1n) is 14.8. The number of hydrogen-bond donors (Lipinski definition) is 0. The van der Waals surface area contributed by atoms with Crippen LogP contribution in [0.5, 0.6) is 0 Å². The summed E-state index contributed by atoms with van der Waals surface area (Å²) in [7, 11) is 0. The largest absolute Gasteiger partial charge is 0.355 e. The van der Waals surface area contributed by atoms with Gasteiger partial charge in [0.1, 0.15) is 11.9 Å². The number of benzene rings is 4. The fraction of sp³-hybridized carbons (Fsp3) is 0.189. The highest BCUT2D eigenvalue weighted by atomic mass is 35.5. The first-order valence-corrected chi connectivity index (χ1v) is 15.2. The first kappa shape index (κ1) is 27.2. The number of halogens is 1. The van der Waals surface area contributed by atoms with Crippen molar-refractivity contribution in [2.45, 2.75) is 19.4 Å². The van der Waals surface area contributed by atoms with E-state index in [1.54, 1.807) is 0 Å². The van der Waals surface area contributed by atoms with Crippen LogP contribution in [0.2, 0.25) is 5.02 Å². The number of para-hydroxylation sites is 2. The highest BCUT2D eigenvalue weighted by Gasteiger charge is 2.30. The number of anilines is 1. The zero-order chi connectivity index (χ0) is 29.3. The normalized spacial score (nSPS) is 14.7. The molecule has 7 rings (SSSR count). The summed E-state index contributed by atoms with van der Waals surface area (Å²) in [6, 6.07) is 40.4. The van der Waals surface area contributed by atoms with Crippen molar-refractivity contribution in [3.05, 3.63) is 148 Å². The van der Waals surface area contributed by atoms with Gasteiger partial charge in [0.05, 0.1) is 22.6 Å². The summed E-state index contributed by atoms with van der Waals surface area (Å²) >= 11 is 6.27. The highest BCUT2D eigenvalue weighted by Crippen LogP contribution is 2.37. The van der Waals surface area contributed by atoms with Crippen molar-refractivity contribution in [1.29, 1.82) is 5.26 Å². The van der Waals surface area contributed by atoms with E-state index < -0.39 is 0 Å². The Morgan fingerprint density at radius 1 is 0.791 bits per heavy atom. The molecule has 1 unspecified atom stereocenters. The van der Waals surface area contributed by atoms with E-state index in [0.717, 1.165) is 65.7 Å². The summed E-state index contributed by atoms with van der Waals surface area (Å²) in [4.78, 5) is 10.1. The molecule has 1 saturated heterocycles. The van der Waals surface area contributed by atoms with Gasteiger partial charge in [0.15, 0.2) is 5.65 Å². The quantitative estimate of drug-likeness (QED) is 0.201. The van der Waals surface area contributed by atoms with Gasteiger partial charge in [-0.25, -0.2) is 4.98 Å². The molecule has 0 N–H and O–H groups in total. The molecular formula is C37H32ClN5. The molecule has 6 heteroatoms. The molecule has 4 aromatic carbocycles. The van der Waals surface area contributed by atoms with Gasteiger partial charge in [0, 0.05) is 43.2 Å². The second kappa shape index (κ2) is 11.6. The van der Waals surface area contributed by atoms with Crippen molar-refractivity contribution in [2.75, 3.05) is 31.1 Å². The lowest BCUT2D eigenvalue weighted by molar-refractivity contribution is 0.212. The van der Waals surface area contributed by atoms with E-state index in [1.165, 1.54) is 22.3 Å². The third-order valence-electron chi connectivity index (χ3n) is 8.71. The lowest BCUT2D eigenvalue weighted by Crippen LogP contribution is -2.48. The summed E-state index contributed by atoms with van der Waals surface area (Å²) in [6.07, 6.45) is 0.747. The van der Waals surface area contributed by atoms with Crippen LogP contribution in [0.15, 0.2) is 109 Å². The van der Waals surface area contributed by atoms with Crippen molar-refractivity contribution in [1.82, 2.24) is 14.3 Å². The second-order valence-electron chi connectivity index (χ2n) is 11.2. The minimum Gasteiger partial charge on any atom is -0.355 e. The molecule has 5 nitrogen and oxygen atoms in total. The van der Waals surface area contributed by atoms with Gasteiger partial charge >= 0.3 is 0 Å². The van der Waals surface area contributed by atoms with E-state index >= 15 is 0 Å². The molecule has 0 spiro atoms. The number of piperazine rings is 1. The fourth-order valence-electron chi connectivity index (χ4n) is 6.59. The van der Waals surface area contributed by atoms with E-state index in [0.29, 0.717) is 5.56 Å². The number of fused-ring (bicyclic) bond motifs is 3. The van der Waals surface area contributed by atoms with Gasteiger partial charge in [0.2, 0.25) is 0 Å². The molecule has 212 valence electrons. The van der Waals surface area contributed by atoms with Crippen molar-refractivity contribution < 1.29 is 0 Å². The van der Waals surface area contributed by atoms with Gasteiger partial charge < -0.3 is 4.90 Å². The van der Waals surface area contributed by atoms with Gasteiger partial charge in [-0.05, 0) is 53.4 Å². The van der Waals surface area contributed by atoms with Gasteiger partial charge in [0.25, 0.3) is 0 Å². The van der Waals surface area contributed by atoms with Gasteiger partial charge in [-0.2, -0.15) is 5.26 Å². The molecule has 1 atom stereocenters. The molecule has 1 aliphatic heterocycles. The van der Waals surface area contributed by atoms with Gasteiger partial charge in [-0.15, -0.1) is 0 Å². The molecular weight excluding hydrogens is 550 g/mol. The van der Waals surface area contributed by atoms with Crippen LogP contribution < -0.4 is 4.90 Å². The van der Waals surface area contributed by atoms with Crippen molar-refractivity contribution >= 4 is 34.1 Å². The molecule has 0 saturated carbocycles. The van der Waals surface area contributed by atoms with Crippen LogP contribution in [0.25, 0.3) is 16.7 Å². The average molecular weight is 582 g/mol. The molecule has 0 bridgehead atoms. The summed E-state index contributed by atoms with van der Waals surface area (Å²) in [5.41, 5.74) is 9.26. The lowest BCUT2D eigenvalue weighted by Gasteiger charge is -2.41. The number of rotatable bonds is 6.